The zero-order valence-corrected chi connectivity index (χ0v) is 53.1. The van der Waals surface area contributed by atoms with Crippen LogP contribution < -0.4 is 9.80 Å². The smallest absolute Gasteiger partial charge is 0.144 e. The van der Waals surface area contributed by atoms with Gasteiger partial charge in [-0.15, -0.1) is 60.3 Å². The van der Waals surface area contributed by atoms with Crippen LogP contribution in [0.2, 0.25) is 0 Å². The molecule has 0 fully saturated rings. The molecule has 430 valence electrons. The number of rotatable bonds is 10. The van der Waals surface area contributed by atoms with Crippen LogP contribution in [0.4, 0.5) is 22.7 Å². The number of aromatic nitrogens is 5. The Morgan fingerprint density at radius 2 is 0.953 bits per heavy atom. The van der Waals surface area contributed by atoms with Crippen molar-refractivity contribution < 1.29 is 21.1 Å². The molecule has 8 heteroatoms. The minimum atomic E-state index is -0.281. The summed E-state index contributed by atoms with van der Waals surface area (Å²) in [6.07, 6.45) is 1.93. The molecule has 1 aliphatic heterocycles. The molecule has 0 unspecified atom stereocenters. The third-order valence-corrected chi connectivity index (χ3v) is 16.9. The molecule has 0 saturated heterocycles. The summed E-state index contributed by atoms with van der Waals surface area (Å²) in [6, 6.07) is 83.3. The Bertz CT molecular complexity index is 4390. The van der Waals surface area contributed by atoms with Gasteiger partial charge in [-0.1, -0.05) is 239 Å². The van der Waals surface area contributed by atoms with Gasteiger partial charge in [-0.25, -0.2) is 4.98 Å². The maximum atomic E-state index is 5.61. The van der Waals surface area contributed by atoms with Crippen LogP contribution in [0.3, 0.4) is 0 Å². The van der Waals surface area contributed by atoms with E-state index in [1.54, 1.807) is 0 Å². The zero-order chi connectivity index (χ0) is 59.0. The van der Waals surface area contributed by atoms with Gasteiger partial charge in [-0.3, -0.25) is 9.97 Å². The summed E-state index contributed by atoms with van der Waals surface area (Å²) in [5, 5.41) is 2.17. The van der Waals surface area contributed by atoms with E-state index >= 15 is 0 Å². The van der Waals surface area contributed by atoms with E-state index in [9.17, 15) is 0 Å². The Labute approximate surface area is 521 Å². The second-order valence-electron chi connectivity index (χ2n) is 26.1. The monoisotopic (exact) mass is 1300 g/mol. The van der Waals surface area contributed by atoms with E-state index in [-0.39, 0.29) is 42.7 Å². The van der Waals surface area contributed by atoms with Gasteiger partial charge < -0.3 is 19.4 Å². The van der Waals surface area contributed by atoms with E-state index in [1.165, 1.54) is 22.3 Å². The van der Waals surface area contributed by atoms with E-state index in [2.05, 4.69) is 322 Å². The average molecular weight is 1300 g/mol. The summed E-state index contributed by atoms with van der Waals surface area (Å²) >= 11 is 0. The van der Waals surface area contributed by atoms with E-state index in [0.29, 0.717) is 17.5 Å². The Morgan fingerprint density at radius 1 is 0.419 bits per heavy atom. The molecule has 0 spiro atoms. The maximum absolute atomic E-state index is 5.61. The molecule has 0 amide bonds. The molecule has 3 aromatic heterocycles. The van der Waals surface area contributed by atoms with Crippen LogP contribution in [0, 0.1) is 18.8 Å². The molecule has 0 saturated carbocycles. The molecule has 0 aliphatic carbocycles. The number of pyridine rings is 1. The summed E-state index contributed by atoms with van der Waals surface area (Å²) < 4.78 is 2.24. The molecule has 0 N–H and O–H groups in total. The second-order valence-corrected chi connectivity index (χ2v) is 26.1. The van der Waals surface area contributed by atoms with Gasteiger partial charge in [-0.2, -0.15) is 0 Å². The van der Waals surface area contributed by atoms with Crippen LogP contribution in [-0.4, -0.2) is 24.5 Å². The number of benzene rings is 9. The Hall–Kier alpha value is -8.77. The molecule has 9 aromatic carbocycles. The molecule has 12 aromatic rings. The summed E-state index contributed by atoms with van der Waals surface area (Å²) in [4.78, 5) is 26.4. The Balaban J connectivity index is 0.00000724. The fourth-order valence-corrected chi connectivity index (χ4v) is 12.2. The predicted octanol–water partition coefficient (Wildman–Crippen LogP) is 19.9. The molecule has 86 heavy (non-hydrogen) atoms. The van der Waals surface area contributed by atoms with E-state index in [0.717, 1.165) is 94.9 Å². The fourth-order valence-electron chi connectivity index (χ4n) is 12.2. The van der Waals surface area contributed by atoms with Gasteiger partial charge in [0.2, 0.25) is 0 Å². The largest absolute Gasteiger partial charge is 0.488 e. The molecule has 0 atom stereocenters. The summed E-state index contributed by atoms with van der Waals surface area (Å²) in [5.41, 5.74) is 18.1. The quantitative estimate of drug-likeness (QED) is 0.127. The first-order valence-corrected chi connectivity index (χ1v) is 29.5. The fraction of sp³-hybridized carbons (Fsp3) is 0.192. The summed E-state index contributed by atoms with van der Waals surface area (Å²) in [6.45, 7) is 27.4. The molecule has 13 rings (SSSR count). The maximum Gasteiger partial charge on any atom is 0.144 e. The van der Waals surface area contributed by atoms with Crippen molar-refractivity contribution in [2.24, 2.45) is 0 Å². The van der Waals surface area contributed by atoms with Gasteiger partial charge in [0, 0.05) is 71.9 Å². The second kappa shape index (κ2) is 22.3. The topological polar surface area (TPSA) is 63.0 Å². The normalized spacial score (nSPS) is 12.9. The molecule has 1 aliphatic rings. The van der Waals surface area contributed by atoms with Crippen LogP contribution >= 0.6 is 0 Å². The molecule has 0 radical (unpaired) electrons. The average Bonchev–Trinajstić information content (AvgIpc) is 1.45. The number of fused-ring (bicyclic) bond motifs is 4. The van der Waals surface area contributed by atoms with Crippen LogP contribution in [0.5, 0.6) is 0 Å². The minimum Gasteiger partial charge on any atom is -0.488 e. The van der Waals surface area contributed by atoms with Gasteiger partial charge in [-0.05, 0) is 96.4 Å². The van der Waals surface area contributed by atoms with Gasteiger partial charge in [0.05, 0.1) is 11.6 Å². The molecule has 0 bridgehead atoms. The van der Waals surface area contributed by atoms with E-state index in [1.807, 2.05) is 6.20 Å². The molecule has 4 heterocycles. The number of hydrogen-bond donors (Lipinski definition) is 0. The standard InChI is InChI=1S/C78H70N7.Pt/c1-75(2,3)57-47-63(76(4,5)6)70(64(48-57)77(7,8)9)74-81-72(80-73(82-74)54-41-42-62-61-35-21-22-38-65(61)85(68(62)46-54)69-49-56(43-44-79-69)78(10,11)55-32-19-14-20-33-55)53-31-25-34-58(45-53)83-50-84(67-40-24-23-39-66(67)83)71-59(51-27-15-12-16-28-51)36-26-37-60(71)52-29-17-13-18-30-52;/h12-44,47-50H,1-11H3;/q-3;. The van der Waals surface area contributed by atoms with Crippen molar-refractivity contribution >= 4 is 44.6 Å². The molecule has 7 nitrogen and oxygen atoms in total. The summed E-state index contributed by atoms with van der Waals surface area (Å²) in [5.74, 6) is 2.44. The molecular formula is C78H70N7Pt-3. The zero-order valence-electron chi connectivity index (χ0n) is 50.8. The third kappa shape index (κ3) is 10.5. The van der Waals surface area contributed by atoms with Crippen molar-refractivity contribution in [2.45, 2.75) is 97.8 Å². The first-order valence-electron chi connectivity index (χ1n) is 29.5. The predicted molar refractivity (Wildman–Crippen MR) is 353 cm³/mol. The van der Waals surface area contributed by atoms with Crippen LogP contribution in [0.1, 0.15) is 104 Å². The number of nitrogens with zero attached hydrogens (tertiary/aromatic N) is 7. The van der Waals surface area contributed by atoms with Crippen molar-refractivity contribution in [1.29, 1.82) is 0 Å². The van der Waals surface area contributed by atoms with Crippen LogP contribution in [0.15, 0.2) is 219 Å². The van der Waals surface area contributed by atoms with E-state index in [4.69, 9.17) is 19.9 Å². The van der Waals surface area contributed by atoms with Gasteiger partial charge in [0.25, 0.3) is 0 Å². The van der Waals surface area contributed by atoms with Crippen LogP contribution in [0.25, 0.3) is 84.0 Å². The van der Waals surface area contributed by atoms with Gasteiger partial charge in [0.1, 0.15) is 11.6 Å². The van der Waals surface area contributed by atoms with Crippen molar-refractivity contribution in [3.05, 3.63) is 265 Å². The SMILES string of the molecule is CC(C)(C)c1cc(C(C)(C)C)c(-c2nc(-c3[c-]c(N4[CH-]N(c5c(-c6ccccc6)cccc5-c5ccccc5)c5ccccc54)ccc3)nc(-c3[c-]c4c(cc3)c3ccccc3n4-c3cc(C(C)(C)c4ccccc4)ccn3)n2)c(C(C)(C)C)c1.[Pt]. The van der Waals surface area contributed by atoms with Crippen molar-refractivity contribution in [1.82, 2.24) is 24.5 Å². The number of anilines is 4. The van der Waals surface area contributed by atoms with Crippen LogP contribution in [-0.2, 0) is 42.7 Å². The third-order valence-electron chi connectivity index (χ3n) is 16.9. The van der Waals surface area contributed by atoms with Crippen molar-refractivity contribution in [2.75, 3.05) is 9.80 Å². The van der Waals surface area contributed by atoms with Crippen molar-refractivity contribution in [3.8, 4) is 62.2 Å². The summed E-state index contributed by atoms with van der Waals surface area (Å²) in [7, 11) is 0. The van der Waals surface area contributed by atoms with Crippen molar-refractivity contribution in [3.63, 3.8) is 0 Å². The van der Waals surface area contributed by atoms with Gasteiger partial charge >= 0.3 is 0 Å². The Kier molecular flexibility index (Phi) is 14.9. The Morgan fingerprint density at radius 3 is 1.56 bits per heavy atom. The first-order chi connectivity index (χ1) is 40.8. The van der Waals surface area contributed by atoms with Gasteiger partial charge in [0.15, 0.2) is 0 Å². The molecular weight excluding hydrogens is 1230 g/mol. The van der Waals surface area contributed by atoms with E-state index < -0.39 is 0 Å². The first kappa shape index (κ1) is 57.6. The number of para-hydroxylation sites is 4. The number of hydrogen-bond acceptors (Lipinski definition) is 6. The minimum absolute atomic E-state index is 0.